The number of nitrogens with one attached hydrogen (secondary N) is 2. The van der Waals surface area contributed by atoms with Crippen molar-refractivity contribution < 1.29 is 19.0 Å². The number of benzene rings is 2. The number of carbonyl (C=O) groups is 1. The summed E-state index contributed by atoms with van der Waals surface area (Å²) < 4.78 is 16.4. The molecule has 0 bridgehead atoms. The molecule has 1 amide bonds. The third-order valence-electron chi connectivity index (χ3n) is 5.98. The molecule has 206 valence electrons. The van der Waals surface area contributed by atoms with Crippen LogP contribution in [0, 0.1) is 0 Å². The van der Waals surface area contributed by atoms with E-state index in [9.17, 15) is 4.79 Å². The van der Waals surface area contributed by atoms with Crippen molar-refractivity contribution in [2.75, 3.05) is 70.3 Å². The van der Waals surface area contributed by atoms with Crippen LogP contribution in [-0.4, -0.2) is 80.7 Å². The summed E-state index contributed by atoms with van der Waals surface area (Å²) in [5.41, 5.74) is 3.59. The Hall–Kier alpha value is -3.37. The second-order valence-electron chi connectivity index (χ2n) is 8.58. The predicted octanol–water partition coefficient (Wildman–Crippen LogP) is 5.72. The first-order valence-corrected chi connectivity index (χ1v) is 13.4. The van der Waals surface area contributed by atoms with E-state index in [2.05, 4.69) is 20.6 Å². The number of aromatic nitrogens is 2. The topological polar surface area (TPSA) is 97.8 Å². The molecule has 0 spiro atoms. The normalized spacial score (nSPS) is 11.1. The molecule has 2 heterocycles. The molecule has 11 heteroatoms. The number of nitrogens with zero attached hydrogens (tertiary/aromatic N) is 3. The predicted molar refractivity (Wildman–Crippen MR) is 156 cm³/mol. The van der Waals surface area contributed by atoms with E-state index < -0.39 is 6.09 Å². The van der Waals surface area contributed by atoms with Crippen LogP contribution >= 0.6 is 23.2 Å². The highest BCUT2D eigenvalue weighted by molar-refractivity contribution is 6.31. The zero-order valence-corrected chi connectivity index (χ0v) is 23.2. The zero-order valence-electron chi connectivity index (χ0n) is 21.7. The average molecular weight is 572 g/mol. The summed E-state index contributed by atoms with van der Waals surface area (Å²) in [5.74, 6) is 0. The highest BCUT2D eigenvalue weighted by Gasteiger charge is 2.13. The molecule has 0 fully saturated rings. The van der Waals surface area contributed by atoms with E-state index in [0.717, 1.165) is 33.2 Å². The maximum atomic E-state index is 12.2. The molecule has 0 atom stereocenters. The maximum Gasteiger partial charge on any atom is 0.409 e. The Labute approximate surface area is 237 Å². The lowest BCUT2D eigenvalue weighted by molar-refractivity contribution is 0.0676. The smallest absolute Gasteiger partial charge is 0.409 e. The van der Waals surface area contributed by atoms with E-state index in [1.165, 1.54) is 7.11 Å². The van der Waals surface area contributed by atoms with Gasteiger partial charge < -0.3 is 29.7 Å². The van der Waals surface area contributed by atoms with Gasteiger partial charge in [-0.15, -0.1) is 0 Å². The Morgan fingerprint density at radius 1 is 0.769 bits per heavy atom. The fraction of sp³-hybridized carbons (Fsp3) is 0.321. The number of fused-ring (bicyclic) bond motifs is 2. The summed E-state index contributed by atoms with van der Waals surface area (Å²) >= 11 is 12.1. The Bertz CT molecular complexity index is 1290. The van der Waals surface area contributed by atoms with Crippen LogP contribution in [0.1, 0.15) is 0 Å². The lowest BCUT2D eigenvalue weighted by Crippen LogP contribution is -2.37. The van der Waals surface area contributed by atoms with Crippen molar-refractivity contribution >= 4 is 62.5 Å². The number of anilines is 2. The van der Waals surface area contributed by atoms with Crippen molar-refractivity contribution in [2.24, 2.45) is 0 Å². The minimum Gasteiger partial charge on any atom is -0.453 e. The Morgan fingerprint density at radius 2 is 1.26 bits per heavy atom. The Kier molecular flexibility index (Phi) is 10.8. The summed E-state index contributed by atoms with van der Waals surface area (Å²) in [6.07, 6.45) is 3.07. The van der Waals surface area contributed by atoms with Crippen molar-refractivity contribution in [3.05, 3.63) is 71.0 Å². The summed E-state index contributed by atoms with van der Waals surface area (Å²) in [4.78, 5) is 22.4. The van der Waals surface area contributed by atoms with E-state index in [4.69, 9.17) is 37.4 Å². The van der Waals surface area contributed by atoms with Crippen molar-refractivity contribution in [2.45, 2.75) is 0 Å². The van der Waals surface area contributed by atoms with Crippen LogP contribution in [0.2, 0.25) is 10.0 Å². The molecule has 4 rings (SSSR count). The van der Waals surface area contributed by atoms with Gasteiger partial charge in [-0.1, -0.05) is 23.2 Å². The number of carbonyl (C=O) groups excluding carboxylic acids is 1. The molecule has 2 aromatic heterocycles. The number of halogens is 2. The standard InChI is InChI=1S/C28H31Cl2N5O4/c1-37-28(36)35(12-16-38-14-10-33-24-6-8-31-26-18-20(29)2-4-22(24)26)13-17-39-15-11-34-25-7-9-32-27-19-21(30)3-5-23(25)27/h2-9,18-19H,10-17H2,1H3,(H,31,33)(H,32,34). The largest absolute Gasteiger partial charge is 0.453 e. The van der Waals surface area contributed by atoms with Gasteiger partial charge in [-0.05, 0) is 48.5 Å². The number of rotatable bonds is 14. The molecule has 0 saturated carbocycles. The minimum absolute atomic E-state index is 0.379. The average Bonchev–Trinajstić information content (AvgIpc) is 2.94. The van der Waals surface area contributed by atoms with Gasteiger partial charge in [-0.2, -0.15) is 0 Å². The number of ether oxygens (including phenoxy) is 3. The molecular weight excluding hydrogens is 541 g/mol. The van der Waals surface area contributed by atoms with Gasteiger partial charge in [0.05, 0.1) is 44.6 Å². The zero-order chi connectivity index (χ0) is 27.5. The SMILES string of the molecule is COC(=O)N(CCOCCNc1ccnc2cc(Cl)ccc12)CCOCCNc1ccnc2cc(Cl)ccc12. The van der Waals surface area contributed by atoms with Crippen molar-refractivity contribution in [1.29, 1.82) is 0 Å². The first-order valence-electron chi connectivity index (χ1n) is 12.6. The van der Waals surface area contributed by atoms with Crippen LogP contribution < -0.4 is 10.6 Å². The van der Waals surface area contributed by atoms with Crippen molar-refractivity contribution in [3.8, 4) is 0 Å². The maximum absolute atomic E-state index is 12.2. The Morgan fingerprint density at radius 3 is 1.72 bits per heavy atom. The van der Waals surface area contributed by atoms with E-state index in [1.807, 2.05) is 48.5 Å². The van der Waals surface area contributed by atoms with Gasteiger partial charge in [-0.3, -0.25) is 9.97 Å². The fourth-order valence-electron chi connectivity index (χ4n) is 4.04. The molecule has 4 aromatic rings. The molecule has 0 unspecified atom stereocenters. The molecule has 2 N–H and O–H groups in total. The Balaban J connectivity index is 1.12. The van der Waals surface area contributed by atoms with Crippen LogP contribution in [0.4, 0.5) is 16.2 Å². The van der Waals surface area contributed by atoms with Crippen molar-refractivity contribution in [1.82, 2.24) is 14.9 Å². The van der Waals surface area contributed by atoms with E-state index in [1.54, 1.807) is 17.3 Å². The van der Waals surface area contributed by atoms with Gasteiger partial charge in [0.2, 0.25) is 0 Å². The van der Waals surface area contributed by atoms with E-state index in [-0.39, 0.29) is 0 Å². The summed E-state index contributed by atoms with van der Waals surface area (Å²) in [6, 6.07) is 15.1. The monoisotopic (exact) mass is 571 g/mol. The lowest BCUT2D eigenvalue weighted by atomic mass is 10.2. The first kappa shape index (κ1) is 28.6. The van der Waals surface area contributed by atoms with Gasteiger partial charge in [0.15, 0.2) is 0 Å². The van der Waals surface area contributed by atoms with Crippen LogP contribution in [0.5, 0.6) is 0 Å². The second kappa shape index (κ2) is 14.7. The molecule has 39 heavy (non-hydrogen) atoms. The van der Waals surface area contributed by atoms with Gasteiger partial charge >= 0.3 is 6.09 Å². The van der Waals surface area contributed by atoms with Crippen LogP contribution in [-0.2, 0) is 14.2 Å². The number of hydrogen-bond donors (Lipinski definition) is 2. The van der Waals surface area contributed by atoms with Crippen LogP contribution in [0.3, 0.4) is 0 Å². The molecular formula is C28H31Cl2N5O4. The first-order chi connectivity index (χ1) is 19.0. The van der Waals surface area contributed by atoms with E-state index in [0.29, 0.717) is 62.7 Å². The number of amides is 1. The molecule has 2 aromatic carbocycles. The second-order valence-corrected chi connectivity index (χ2v) is 9.45. The molecule has 9 nitrogen and oxygen atoms in total. The third kappa shape index (κ3) is 8.31. The highest BCUT2D eigenvalue weighted by atomic mass is 35.5. The van der Waals surface area contributed by atoms with Gasteiger partial charge in [0.25, 0.3) is 0 Å². The fourth-order valence-corrected chi connectivity index (χ4v) is 4.38. The lowest BCUT2D eigenvalue weighted by Gasteiger charge is -2.21. The minimum atomic E-state index is -0.415. The molecule has 0 aliphatic carbocycles. The van der Waals surface area contributed by atoms with Gasteiger partial charge in [0, 0.05) is 70.8 Å². The molecule has 0 radical (unpaired) electrons. The number of methoxy groups -OCH3 is 1. The quantitative estimate of drug-likeness (QED) is 0.185. The molecule has 0 saturated heterocycles. The summed E-state index contributed by atoms with van der Waals surface area (Å²) in [7, 11) is 1.36. The van der Waals surface area contributed by atoms with Crippen LogP contribution in [0.15, 0.2) is 60.9 Å². The van der Waals surface area contributed by atoms with Gasteiger partial charge in [0.1, 0.15) is 0 Å². The number of pyridine rings is 2. The highest BCUT2D eigenvalue weighted by Crippen LogP contribution is 2.25. The molecule has 0 aliphatic rings. The van der Waals surface area contributed by atoms with Crippen molar-refractivity contribution in [3.63, 3.8) is 0 Å². The third-order valence-corrected chi connectivity index (χ3v) is 6.45. The van der Waals surface area contributed by atoms with Crippen LogP contribution in [0.25, 0.3) is 21.8 Å². The van der Waals surface area contributed by atoms with Gasteiger partial charge in [-0.25, -0.2) is 4.79 Å². The molecule has 0 aliphatic heterocycles. The summed E-state index contributed by atoms with van der Waals surface area (Å²) in [6.45, 7) is 3.72. The summed E-state index contributed by atoms with van der Waals surface area (Å²) in [5, 5.41) is 10.0. The number of hydrogen-bond acceptors (Lipinski definition) is 8. The van der Waals surface area contributed by atoms with E-state index >= 15 is 0 Å².